The van der Waals surface area contributed by atoms with Crippen LogP contribution in [-0.4, -0.2) is 21.7 Å². The lowest BCUT2D eigenvalue weighted by atomic mass is 10.0. The van der Waals surface area contributed by atoms with Gasteiger partial charge in [-0.25, -0.2) is 9.97 Å². The zero-order valence-electron chi connectivity index (χ0n) is 9.93. The lowest BCUT2D eigenvalue weighted by Gasteiger charge is -2.08. The first-order valence-electron chi connectivity index (χ1n) is 5.86. The Bertz CT molecular complexity index is 497. The minimum Gasteiger partial charge on any atom is -0.396 e. The van der Waals surface area contributed by atoms with E-state index in [9.17, 15) is 0 Å². The fourth-order valence-corrected chi connectivity index (χ4v) is 1.83. The topological polar surface area (TPSA) is 46.0 Å². The maximum atomic E-state index is 9.06. The third-order valence-corrected chi connectivity index (χ3v) is 2.70. The van der Waals surface area contributed by atoms with E-state index < -0.39 is 0 Å². The maximum Gasteiger partial charge on any atom is 0.128 e. The molecular formula is C14H16N2O. The number of nitrogens with zero attached hydrogens (tertiary/aromatic N) is 2. The van der Waals surface area contributed by atoms with Gasteiger partial charge in [0.2, 0.25) is 0 Å². The van der Waals surface area contributed by atoms with Crippen molar-refractivity contribution in [2.75, 3.05) is 6.61 Å². The van der Waals surface area contributed by atoms with Crippen LogP contribution in [0, 0.1) is 0 Å². The molecule has 0 saturated heterocycles. The number of hydrogen-bond donors (Lipinski definition) is 1. The monoisotopic (exact) mass is 228 g/mol. The Balaban J connectivity index is 2.44. The molecule has 0 radical (unpaired) electrons. The number of aliphatic hydroxyl groups is 1. The summed E-state index contributed by atoms with van der Waals surface area (Å²) in [6.45, 7) is 2.20. The van der Waals surface area contributed by atoms with E-state index in [1.165, 1.54) is 0 Å². The maximum absolute atomic E-state index is 9.06. The van der Waals surface area contributed by atoms with Crippen LogP contribution in [0.1, 0.15) is 18.3 Å². The van der Waals surface area contributed by atoms with Crippen molar-refractivity contribution in [1.82, 2.24) is 9.97 Å². The summed E-state index contributed by atoms with van der Waals surface area (Å²) in [5.74, 6) is 0.848. The van der Waals surface area contributed by atoms with Gasteiger partial charge >= 0.3 is 0 Å². The van der Waals surface area contributed by atoms with Crippen molar-refractivity contribution in [3.63, 3.8) is 0 Å². The minimum atomic E-state index is 0.155. The molecule has 3 nitrogen and oxygen atoms in total. The minimum absolute atomic E-state index is 0.155. The first kappa shape index (κ1) is 11.7. The van der Waals surface area contributed by atoms with Crippen LogP contribution in [0.4, 0.5) is 0 Å². The number of aliphatic hydroxyl groups excluding tert-OH is 1. The number of benzene rings is 1. The molecule has 0 unspecified atom stereocenters. The molecule has 0 spiro atoms. The second kappa shape index (κ2) is 5.55. The molecule has 0 fully saturated rings. The average Bonchev–Trinajstić information content (AvgIpc) is 2.40. The van der Waals surface area contributed by atoms with E-state index in [2.05, 4.69) is 9.97 Å². The molecule has 0 aliphatic heterocycles. The zero-order chi connectivity index (χ0) is 12.1. The molecular weight excluding hydrogens is 212 g/mol. The van der Waals surface area contributed by atoms with Gasteiger partial charge in [-0.05, 0) is 18.1 Å². The Morgan fingerprint density at radius 1 is 1.18 bits per heavy atom. The van der Waals surface area contributed by atoms with Gasteiger partial charge in [-0.1, -0.05) is 31.2 Å². The molecule has 0 amide bonds. The number of rotatable bonds is 4. The molecule has 0 atom stereocenters. The third-order valence-electron chi connectivity index (χ3n) is 2.70. The van der Waals surface area contributed by atoms with Gasteiger partial charge in [-0.15, -0.1) is 0 Å². The number of aromatic nitrogens is 2. The molecule has 2 aromatic rings. The first-order valence-corrected chi connectivity index (χ1v) is 5.86. The van der Waals surface area contributed by atoms with Crippen molar-refractivity contribution in [1.29, 1.82) is 0 Å². The Kier molecular flexibility index (Phi) is 3.83. The van der Waals surface area contributed by atoms with Crippen LogP contribution in [0.3, 0.4) is 0 Å². The van der Waals surface area contributed by atoms with Crippen LogP contribution in [0.25, 0.3) is 11.3 Å². The summed E-state index contributed by atoms with van der Waals surface area (Å²) in [5.41, 5.74) is 3.13. The Morgan fingerprint density at radius 3 is 2.76 bits per heavy atom. The largest absolute Gasteiger partial charge is 0.396 e. The van der Waals surface area contributed by atoms with E-state index in [4.69, 9.17) is 5.11 Å². The highest BCUT2D eigenvalue weighted by atomic mass is 16.2. The van der Waals surface area contributed by atoms with Crippen molar-refractivity contribution in [2.24, 2.45) is 0 Å². The summed E-state index contributed by atoms with van der Waals surface area (Å²) < 4.78 is 0. The highest BCUT2D eigenvalue weighted by Crippen LogP contribution is 2.21. The van der Waals surface area contributed by atoms with E-state index in [1.807, 2.05) is 37.3 Å². The summed E-state index contributed by atoms with van der Waals surface area (Å²) in [6.07, 6.45) is 3.27. The molecule has 1 N–H and O–H groups in total. The fraction of sp³-hybridized carbons (Fsp3) is 0.286. The van der Waals surface area contributed by atoms with Crippen molar-refractivity contribution in [3.05, 3.63) is 47.9 Å². The summed E-state index contributed by atoms with van der Waals surface area (Å²) in [7, 11) is 0. The molecule has 1 aromatic carbocycles. The molecule has 3 heteroatoms. The number of aryl methyl sites for hydroxylation is 1. The van der Waals surface area contributed by atoms with Gasteiger partial charge in [-0.3, -0.25) is 0 Å². The SMILES string of the molecule is CCc1nccc(-c2ccccc2CCO)n1. The van der Waals surface area contributed by atoms with Gasteiger partial charge in [0.1, 0.15) is 5.82 Å². The average molecular weight is 228 g/mol. The highest BCUT2D eigenvalue weighted by Gasteiger charge is 2.06. The van der Waals surface area contributed by atoms with Crippen molar-refractivity contribution >= 4 is 0 Å². The van der Waals surface area contributed by atoms with E-state index in [0.717, 1.165) is 29.1 Å². The summed E-state index contributed by atoms with van der Waals surface area (Å²) in [4.78, 5) is 8.71. The van der Waals surface area contributed by atoms with Crippen LogP contribution in [0.2, 0.25) is 0 Å². The van der Waals surface area contributed by atoms with Crippen LogP contribution in [0.15, 0.2) is 36.5 Å². The smallest absolute Gasteiger partial charge is 0.128 e. The fourth-order valence-electron chi connectivity index (χ4n) is 1.83. The molecule has 1 heterocycles. The van der Waals surface area contributed by atoms with Crippen LogP contribution < -0.4 is 0 Å². The summed E-state index contributed by atoms with van der Waals surface area (Å²) in [6, 6.07) is 9.95. The number of hydrogen-bond acceptors (Lipinski definition) is 3. The second-order valence-electron chi connectivity index (χ2n) is 3.84. The Hall–Kier alpha value is -1.74. The highest BCUT2D eigenvalue weighted by molar-refractivity contribution is 5.63. The van der Waals surface area contributed by atoms with Gasteiger partial charge in [0.15, 0.2) is 0 Å². The van der Waals surface area contributed by atoms with Crippen molar-refractivity contribution in [2.45, 2.75) is 19.8 Å². The summed E-state index contributed by atoms with van der Waals surface area (Å²) >= 11 is 0. The first-order chi connectivity index (χ1) is 8.35. The van der Waals surface area contributed by atoms with Gasteiger partial charge in [0.05, 0.1) is 5.69 Å². The predicted molar refractivity (Wildman–Crippen MR) is 67.6 cm³/mol. The van der Waals surface area contributed by atoms with Gasteiger partial charge < -0.3 is 5.11 Å². The van der Waals surface area contributed by atoms with E-state index >= 15 is 0 Å². The second-order valence-corrected chi connectivity index (χ2v) is 3.84. The Labute approximate surface area is 101 Å². The molecule has 0 saturated carbocycles. The molecule has 0 aliphatic rings. The predicted octanol–water partition coefficient (Wildman–Crippen LogP) is 2.24. The van der Waals surface area contributed by atoms with Crippen LogP contribution in [0.5, 0.6) is 0 Å². The molecule has 2 rings (SSSR count). The zero-order valence-corrected chi connectivity index (χ0v) is 9.93. The van der Waals surface area contributed by atoms with Gasteiger partial charge in [0, 0.05) is 24.8 Å². The van der Waals surface area contributed by atoms with E-state index in [0.29, 0.717) is 6.42 Å². The van der Waals surface area contributed by atoms with E-state index in [1.54, 1.807) is 6.20 Å². The summed E-state index contributed by atoms with van der Waals surface area (Å²) in [5, 5.41) is 9.06. The van der Waals surface area contributed by atoms with Crippen molar-refractivity contribution < 1.29 is 5.11 Å². The van der Waals surface area contributed by atoms with Crippen LogP contribution in [-0.2, 0) is 12.8 Å². The van der Waals surface area contributed by atoms with Crippen molar-refractivity contribution in [3.8, 4) is 11.3 Å². The molecule has 0 aliphatic carbocycles. The van der Waals surface area contributed by atoms with E-state index in [-0.39, 0.29) is 6.61 Å². The molecule has 0 bridgehead atoms. The lowest BCUT2D eigenvalue weighted by Crippen LogP contribution is -1.98. The Morgan fingerprint density at radius 2 is 2.00 bits per heavy atom. The lowest BCUT2D eigenvalue weighted by molar-refractivity contribution is 0.300. The molecule has 17 heavy (non-hydrogen) atoms. The molecule has 1 aromatic heterocycles. The molecule has 88 valence electrons. The standard InChI is InChI=1S/C14H16N2O/c1-2-14-15-9-7-13(16-14)12-6-4-3-5-11(12)8-10-17/h3-7,9,17H,2,8,10H2,1H3. The van der Waals surface area contributed by atoms with Gasteiger partial charge in [0.25, 0.3) is 0 Å². The normalized spacial score (nSPS) is 10.5. The quantitative estimate of drug-likeness (QED) is 0.873. The van der Waals surface area contributed by atoms with Crippen LogP contribution >= 0.6 is 0 Å². The third kappa shape index (κ3) is 2.68. The van der Waals surface area contributed by atoms with Gasteiger partial charge in [-0.2, -0.15) is 0 Å².